The lowest BCUT2D eigenvalue weighted by molar-refractivity contribution is 0.793. The van der Waals surface area contributed by atoms with Crippen molar-refractivity contribution in [3.63, 3.8) is 0 Å². The molecule has 476 valence electrons. The summed E-state index contributed by atoms with van der Waals surface area (Å²) in [5.41, 5.74) is 26.6. The SMILES string of the molecule is C(=C\c1ccc(-c2ccc3c(c2)c2ccccc2n3-c2cc3ccccc3c3ccccc23)c2ccccc12)/c1ccc2c(c1)C1(c3ccccc3-c3ccccc31)c1cc(/C=C/c3ccc(-c4ccc5c(c4)c4ccccc4n5-c4cc5ccccc5c5ccccc45)c4ccccc34)ccc1-2. The minimum absolute atomic E-state index is 0.526. The van der Waals surface area contributed by atoms with E-state index in [0.29, 0.717) is 0 Å². The number of rotatable bonds is 8. The second-order valence-electron chi connectivity index (χ2n) is 28.1. The van der Waals surface area contributed by atoms with Crippen molar-refractivity contribution in [2.45, 2.75) is 5.41 Å². The Kier molecular flexibility index (Phi) is 12.5. The molecule has 0 fully saturated rings. The minimum Gasteiger partial charge on any atom is -0.309 e. The van der Waals surface area contributed by atoms with Gasteiger partial charge in [0.15, 0.2) is 0 Å². The van der Waals surface area contributed by atoms with Crippen LogP contribution >= 0.6 is 0 Å². The first-order valence-electron chi connectivity index (χ1n) is 35.9. The Morgan fingerprint density at radius 1 is 0.194 bits per heavy atom. The van der Waals surface area contributed by atoms with Gasteiger partial charge in [0, 0.05) is 32.3 Å². The van der Waals surface area contributed by atoms with E-state index in [-0.39, 0.29) is 0 Å². The van der Waals surface area contributed by atoms with Gasteiger partial charge in [-0.1, -0.05) is 315 Å². The van der Waals surface area contributed by atoms with Gasteiger partial charge in [-0.15, -0.1) is 0 Å². The van der Waals surface area contributed by atoms with E-state index in [0.717, 1.165) is 0 Å². The molecule has 2 heteroatoms. The van der Waals surface area contributed by atoms with Crippen molar-refractivity contribution in [1.29, 1.82) is 0 Å². The first-order valence-corrected chi connectivity index (χ1v) is 35.9. The van der Waals surface area contributed by atoms with Crippen molar-refractivity contribution in [2.24, 2.45) is 0 Å². The smallest absolute Gasteiger partial charge is 0.0725 e. The zero-order chi connectivity index (χ0) is 67.4. The molecule has 0 bridgehead atoms. The van der Waals surface area contributed by atoms with Crippen LogP contribution in [0.25, 0.3) is 188 Å². The van der Waals surface area contributed by atoms with Crippen LogP contribution in [0.4, 0.5) is 0 Å². The Bertz CT molecular complexity index is 6700. The molecule has 0 amide bonds. The Hall–Kier alpha value is -13.4. The maximum Gasteiger partial charge on any atom is 0.0725 e. The predicted molar refractivity (Wildman–Crippen MR) is 438 cm³/mol. The highest BCUT2D eigenvalue weighted by molar-refractivity contribution is 6.19. The van der Waals surface area contributed by atoms with Gasteiger partial charge in [-0.05, 0) is 204 Å². The molecule has 2 nitrogen and oxygen atoms in total. The third kappa shape index (κ3) is 8.44. The Morgan fingerprint density at radius 2 is 0.534 bits per heavy atom. The van der Waals surface area contributed by atoms with E-state index in [1.165, 1.54) is 209 Å². The van der Waals surface area contributed by atoms with Gasteiger partial charge in [-0.25, -0.2) is 0 Å². The van der Waals surface area contributed by atoms with Crippen LogP contribution < -0.4 is 0 Å². The maximum absolute atomic E-state index is 2.49. The van der Waals surface area contributed by atoms with Crippen LogP contribution in [-0.2, 0) is 5.41 Å². The summed E-state index contributed by atoms with van der Waals surface area (Å²) in [6, 6.07) is 132. The second-order valence-corrected chi connectivity index (χ2v) is 28.1. The van der Waals surface area contributed by atoms with Crippen LogP contribution in [0, 0.1) is 0 Å². The van der Waals surface area contributed by atoms with Gasteiger partial charge in [-0.2, -0.15) is 0 Å². The van der Waals surface area contributed by atoms with Gasteiger partial charge in [0.2, 0.25) is 0 Å². The normalized spacial score (nSPS) is 13.0. The molecule has 103 heavy (non-hydrogen) atoms. The molecular weight excluding hydrogens is 1240 g/mol. The molecule has 20 aromatic rings. The van der Waals surface area contributed by atoms with Crippen molar-refractivity contribution >= 4 is 133 Å². The number of hydrogen-bond donors (Lipinski definition) is 0. The maximum atomic E-state index is 2.49. The zero-order valence-corrected chi connectivity index (χ0v) is 56.2. The standard InChI is InChI=1S/C101H62N2/c1-3-25-73-67(21-1)61-99(85-33-11-9-29-79(73)85)102-95-39-19-15-35-87(95)89-59-69(49-55-97(89)102)75-53-47-65(71-23-5-7-27-77(71)75)45-41-63-43-51-83-84-52-44-64(58-94(84)101(93(83)57-63)91-37-17-13-31-81(91)82-32-14-18-38-92(82)101)42-46-66-48-54-76(78-28-8-6-24-72(66)78)70-50-56-98-90(60-70)88-36-16-20-40-96(88)103(98)100-62-68-22-2-4-26-74(68)80-30-10-12-34-86(80)100/h1-62H/b45-41+,46-42+. The molecule has 0 atom stereocenters. The fraction of sp³-hybridized carbons (Fsp3) is 0.00990. The fourth-order valence-corrected chi connectivity index (χ4v) is 18.4. The molecule has 0 saturated carbocycles. The third-order valence-corrected chi connectivity index (χ3v) is 22.9. The number of hydrogen-bond acceptors (Lipinski definition) is 0. The molecule has 2 aromatic heterocycles. The van der Waals surface area contributed by atoms with Crippen LogP contribution in [0.3, 0.4) is 0 Å². The Labute approximate surface area is 595 Å². The first kappa shape index (κ1) is 57.5. The highest BCUT2D eigenvalue weighted by Gasteiger charge is 2.51. The van der Waals surface area contributed by atoms with Crippen molar-refractivity contribution in [3.8, 4) is 55.9 Å². The summed E-state index contributed by atoms with van der Waals surface area (Å²) >= 11 is 0. The van der Waals surface area contributed by atoms with E-state index in [4.69, 9.17) is 0 Å². The average molecular weight is 1300 g/mol. The van der Waals surface area contributed by atoms with Crippen molar-refractivity contribution in [3.05, 3.63) is 396 Å². The Balaban J connectivity index is 0.614. The number of aromatic nitrogens is 2. The fourth-order valence-electron chi connectivity index (χ4n) is 18.4. The molecule has 2 heterocycles. The summed E-state index contributed by atoms with van der Waals surface area (Å²) in [4.78, 5) is 0. The van der Waals surface area contributed by atoms with Gasteiger partial charge < -0.3 is 9.13 Å². The summed E-state index contributed by atoms with van der Waals surface area (Å²) in [7, 11) is 0. The Morgan fingerprint density at radius 3 is 0.990 bits per heavy atom. The van der Waals surface area contributed by atoms with Gasteiger partial charge in [0.05, 0.1) is 38.9 Å². The lowest BCUT2D eigenvalue weighted by Gasteiger charge is -2.30. The minimum atomic E-state index is -0.526. The van der Waals surface area contributed by atoms with Gasteiger partial charge in [0.25, 0.3) is 0 Å². The van der Waals surface area contributed by atoms with E-state index in [2.05, 4.69) is 385 Å². The molecule has 0 saturated heterocycles. The van der Waals surface area contributed by atoms with Gasteiger partial charge in [-0.3, -0.25) is 0 Å². The zero-order valence-electron chi connectivity index (χ0n) is 56.2. The second kappa shape index (κ2) is 22.3. The lowest BCUT2D eigenvalue weighted by Crippen LogP contribution is -2.26. The quantitative estimate of drug-likeness (QED) is 0.106. The summed E-state index contributed by atoms with van der Waals surface area (Å²) < 4.78 is 4.96. The highest BCUT2D eigenvalue weighted by atomic mass is 15.0. The molecule has 22 rings (SSSR count). The molecule has 0 radical (unpaired) electrons. The monoisotopic (exact) mass is 1300 g/mol. The molecule has 2 aliphatic rings. The predicted octanol–water partition coefficient (Wildman–Crippen LogP) is 26.8. The van der Waals surface area contributed by atoms with Crippen LogP contribution in [0.1, 0.15) is 44.5 Å². The number of para-hydroxylation sites is 2. The summed E-state index contributed by atoms with van der Waals surface area (Å²) in [6.45, 7) is 0. The molecule has 0 N–H and O–H groups in total. The number of benzene rings is 18. The number of nitrogens with zero attached hydrogens (tertiary/aromatic N) is 2. The van der Waals surface area contributed by atoms with Gasteiger partial charge in [0.1, 0.15) is 0 Å². The molecule has 0 unspecified atom stereocenters. The summed E-state index contributed by atoms with van der Waals surface area (Å²) in [5, 5.41) is 19.9. The van der Waals surface area contributed by atoms with Crippen LogP contribution in [-0.4, -0.2) is 9.13 Å². The topological polar surface area (TPSA) is 9.86 Å². The summed E-state index contributed by atoms with van der Waals surface area (Å²) in [6.07, 6.45) is 9.32. The molecule has 18 aromatic carbocycles. The van der Waals surface area contributed by atoms with Crippen molar-refractivity contribution in [1.82, 2.24) is 9.13 Å². The molecular formula is C101H62N2. The van der Waals surface area contributed by atoms with Crippen LogP contribution in [0.5, 0.6) is 0 Å². The van der Waals surface area contributed by atoms with E-state index in [1.54, 1.807) is 0 Å². The van der Waals surface area contributed by atoms with Crippen LogP contribution in [0.2, 0.25) is 0 Å². The number of fused-ring (bicyclic) bond motifs is 24. The van der Waals surface area contributed by atoms with Crippen molar-refractivity contribution in [2.75, 3.05) is 0 Å². The average Bonchev–Trinajstić information content (AvgIpc) is 1.55. The molecule has 0 aliphatic heterocycles. The first-order chi connectivity index (χ1) is 51.1. The van der Waals surface area contributed by atoms with Crippen LogP contribution in [0.15, 0.2) is 352 Å². The molecule has 2 aliphatic carbocycles. The lowest BCUT2D eigenvalue weighted by atomic mass is 9.70. The molecule has 1 spiro atoms. The highest BCUT2D eigenvalue weighted by Crippen LogP contribution is 2.63. The largest absolute Gasteiger partial charge is 0.309 e. The van der Waals surface area contributed by atoms with E-state index < -0.39 is 5.41 Å². The van der Waals surface area contributed by atoms with Crippen molar-refractivity contribution < 1.29 is 0 Å². The van der Waals surface area contributed by atoms with E-state index in [9.17, 15) is 0 Å². The third-order valence-electron chi connectivity index (χ3n) is 22.9. The van der Waals surface area contributed by atoms with E-state index in [1.807, 2.05) is 0 Å². The summed E-state index contributed by atoms with van der Waals surface area (Å²) in [5.74, 6) is 0. The van der Waals surface area contributed by atoms with E-state index >= 15 is 0 Å². The van der Waals surface area contributed by atoms with Gasteiger partial charge >= 0.3 is 0 Å².